The molecular weight excluding hydrogens is 216 g/mol. The lowest BCUT2D eigenvalue weighted by atomic mass is 10.2. The van der Waals surface area contributed by atoms with E-state index in [0.717, 1.165) is 5.69 Å². The summed E-state index contributed by atoms with van der Waals surface area (Å²) in [7, 11) is 1.56. The molecule has 0 fully saturated rings. The Bertz CT molecular complexity index is 504. The van der Waals surface area contributed by atoms with E-state index in [1.165, 1.54) is 0 Å². The van der Waals surface area contributed by atoms with Crippen LogP contribution >= 0.6 is 0 Å². The molecule has 0 amide bonds. The van der Waals surface area contributed by atoms with Gasteiger partial charge < -0.3 is 14.8 Å². The van der Waals surface area contributed by atoms with Gasteiger partial charge in [-0.15, -0.1) is 0 Å². The van der Waals surface area contributed by atoms with Gasteiger partial charge in [-0.3, -0.25) is 4.99 Å². The van der Waals surface area contributed by atoms with Crippen LogP contribution in [0.15, 0.2) is 41.5 Å². The average molecular weight is 230 g/mol. The average Bonchev–Trinajstić information content (AvgIpc) is 2.84. The molecule has 88 valence electrons. The molecule has 2 N–H and O–H groups in total. The van der Waals surface area contributed by atoms with Gasteiger partial charge in [0.15, 0.2) is 0 Å². The predicted molar refractivity (Wildman–Crippen MR) is 66.7 cm³/mol. The number of phenols is 1. The highest BCUT2D eigenvalue weighted by Crippen LogP contribution is 2.21. The Morgan fingerprint density at radius 1 is 1.41 bits per heavy atom. The van der Waals surface area contributed by atoms with Gasteiger partial charge in [0.05, 0.1) is 13.7 Å². The summed E-state index contributed by atoms with van der Waals surface area (Å²) >= 11 is 0. The molecule has 4 nitrogen and oxygen atoms in total. The molecule has 2 rings (SSSR count). The third kappa shape index (κ3) is 2.87. The quantitative estimate of drug-likeness (QED) is 0.792. The van der Waals surface area contributed by atoms with Gasteiger partial charge in [-0.2, -0.15) is 0 Å². The first-order valence-electron chi connectivity index (χ1n) is 5.28. The van der Waals surface area contributed by atoms with Crippen LogP contribution in [0.2, 0.25) is 0 Å². The second-order valence-electron chi connectivity index (χ2n) is 3.59. The largest absolute Gasteiger partial charge is 0.507 e. The number of methoxy groups -OCH3 is 1. The summed E-state index contributed by atoms with van der Waals surface area (Å²) in [6.07, 6.45) is 3.51. The molecule has 0 radical (unpaired) electrons. The van der Waals surface area contributed by atoms with Crippen molar-refractivity contribution in [2.75, 3.05) is 7.11 Å². The third-order valence-corrected chi connectivity index (χ3v) is 2.39. The van der Waals surface area contributed by atoms with E-state index in [1.54, 1.807) is 31.5 Å². The summed E-state index contributed by atoms with van der Waals surface area (Å²) in [5, 5.41) is 9.70. The summed E-state index contributed by atoms with van der Waals surface area (Å²) in [5.41, 5.74) is 1.71. The van der Waals surface area contributed by atoms with Crippen LogP contribution in [0, 0.1) is 0 Å². The van der Waals surface area contributed by atoms with Gasteiger partial charge in [0.2, 0.25) is 0 Å². The van der Waals surface area contributed by atoms with Crippen molar-refractivity contribution in [2.45, 2.75) is 6.54 Å². The summed E-state index contributed by atoms with van der Waals surface area (Å²) in [6, 6.07) is 9.01. The zero-order chi connectivity index (χ0) is 12.1. The van der Waals surface area contributed by atoms with Gasteiger partial charge in [-0.1, -0.05) is 0 Å². The molecule has 0 spiro atoms. The highest BCUT2D eigenvalue weighted by Gasteiger charge is 2.00. The lowest BCUT2D eigenvalue weighted by Gasteiger charge is -2.02. The van der Waals surface area contributed by atoms with Gasteiger partial charge in [0.25, 0.3) is 0 Å². The molecule has 1 heterocycles. The first-order chi connectivity index (χ1) is 8.29. The van der Waals surface area contributed by atoms with Crippen molar-refractivity contribution in [3.05, 3.63) is 47.8 Å². The minimum atomic E-state index is 0.166. The van der Waals surface area contributed by atoms with E-state index in [-0.39, 0.29) is 5.75 Å². The number of aromatic nitrogens is 1. The van der Waals surface area contributed by atoms with Gasteiger partial charge in [-0.25, -0.2) is 0 Å². The normalized spacial score (nSPS) is 10.9. The zero-order valence-corrected chi connectivity index (χ0v) is 9.55. The van der Waals surface area contributed by atoms with E-state index in [2.05, 4.69) is 9.98 Å². The Morgan fingerprint density at radius 3 is 2.94 bits per heavy atom. The first kappa shape index (κ1) is 11.3. The number of nitrogens with one attached hydrogen (secondary N) is 1. The van der Waals surface area contributed by atoms with Crippen LogP contribution in [0.4, 0.5) is 0 Å². The van der Waals surface area contributed by atoms with Crippen LogP contribution in [0.25, 0.3) is 0 Å². The van der Waals surface area contributed by atoms with Gasteiger partial charge in [0, 0.05) is 29.7 Å². The van der Waals surface area contributed by atoms with Crippen molar-refractivity contribution in [2.24, 2.45) is 4.99 Å². The van der Waals surface area contributed by atoms with E-state index in [4.69, 9.17) is 4.74 Å². The number of aromatic amines is 1. The van der Waals surface area contributed by atoms with Crippen LogP contribution < -0.4 is 4.74 Å². The minimum absolute atomic E-state index is 0.166. The van der Waals surface area contributed by atoms with Crippen molar-refractivity contribution in [1.29, 1.82) is 0 Å². The molecule has 2 aromatic rings. The molecule has 0 atom stereocenters. The van der Waals surface area contributed by atoms with E-state index in [0.29, 0.717) is 17.9 Å². The Labute approximate surface area is 99.6 Å². The molecule has 1 aromatic heterocycles. The maximum Gasteiger partial charge on any atom is 0.128 e. The molecule has 0 bridgehead atoms. The third-order valence-electron chi connectivity index (χ3n) is 2.39. The Hall–Kier alpha value is -2.23. The molecule has 0 aliphatic carbocycles. The number of aliphatic imine (C=N–C) groups is 1. The lowest BCUT2D eigenvalue weighted by molar-refractivity contribution is 0.407. The molecule has 1 aromatic carbocycles. The number of H-pyrrole nitrogens is 1. The number of aromatic hydroxyl groups is 1. The van der Waals surface area contributed by atoms with Crippen LogP contribution in [0.1, 0.15) is 11.3 Å². The molecule has 0 aliphatic heterocycles. The SMILES string of the molecule is COc1ccc(C=NCc2ccc[nH]2)c(O)c1. The molecule has 0 aliphatic rings. The summed E-state index contributed by atoms with van der Waals surface area (Å²) in [5.74, 6) is 0.795. The summed E-state index contributed by atoms with van der Waals surface area (Å²) < 4.78 is 5.00. The van der Waals surface area contributed by atoms with Gasteiger partial charge >= 0.3 is 0 Å². The van der Waals surface area contributed by atoms with Crippen LogP contribution in [0.5, 0.6) is 11.5 Å². The minimum Gasteiger partial charge on any atom is -0.507 e. The molecule has 17 heavy (non-hydrogen) atoms. The van der Waals surface area contributed by atoms with Gasteiger partial charge in [-0.05, 0) is 24.3 Å². The van der Waals surface area contributed by atoms with E-state index < -0.39 is 0 Å². The second-order valence-corrected chi connectivity index (χ2v) is 3.59. The van der Waals surface area contributed by atoms with Crippen molar-refractivity contribution in [3.63, 3.8) is 0 Å². The monoisotopic (exact) mass is 230 g/mol. The number of rotatable bonds is 4. The highest BCUT2D eigenvalue weighted by molar-refractivity contribution is 5.83. The smallest absolute Gasteiger partial charge is 0.128 e. The van der Waals surface area contributed by atoms with Crippen molar-refractivity contribution in [3.8, 4) is 11.5 Å². The number of nitrogens with zero attached hydrogens (tertiary/aromatic N) is 1. The summed E-state index contributed by atoms with van der Waals surface area (Å²) in [4.78, 5) is 7.30. The second kappa shape index (κ2) is 5.21. The number of benzene rings is 1. The molecule has 0 saturated heterocycles. The zero-order valence-electron chi connectivity index (χ0n) is 9.55. The lowest BCUT2D eigenvalue weighted by Crippen LogP contribution is -1.87. The van der Waals surface area contributed by atoms with Crippen molar-refractivity contribution < 1.29 is 9.84 Å². The maximum atomic E-state index is 9.70. The fourth-order valence-corrected chi connectivity index (χ4v) is 1.47. The van der Waals surface area contributed by atoms with E-state index in [1.807, 2.05) is 18.3 Å². The molecule has 4 heteroatoms. The summed E-state index contributed by atoms with van der Waals surface area (Å²) in [6.45, 7) is 0.568. The fraction of sp³-hybridized carbons (Fsp3) is 0.154. The maximum absolute atomic E-state index is 9.70. The Balaban J connectivity index is 2.05. The highest BCUT2D eigenvalue weighted by atomic mass is 16.5. The number of ether oxygens (including phenoxy) is 1. The number of phenolic OH excluding ortho intramolecular Hbond substituents is 1. The van der Waals surface area contributed by atoms with Gasteiger partial charge in [0.1, 0.15) is 11.5 Å². The first-order valence-corrected chi connectivity index (χ1v) is 5.28. The standard InChI is InChI=1S/C13H14N2O2/c1-17-12-5-4-10(13(16)7-12)8-14-9-11-3-2-6-15-11/h2-8,15-16H,9H2,1H3. The fourth-order valence-electron chi connectivity index (χ4n) is 1.47. The number of hydrogen-bond donors (Lipinski definition) is 2. The van der Waals surface area contributed by atoms with Crippen LogP contribution in [0.3, 0.4) is 0 Å². The van der Waals surface area contributed by atoms with Crippen molar-refractivity contribution >= 4 is 6.21 Å². The van der Waals surface area contributed by atoms with Crippen LogP contribution in [-0.4, -0.2) is 23.4 Å². The van der Waals surface area contributed by atoms with E-state index >= 15 is 0 Å². The van der Waals surface area contributed by atoms with E-state index in [9.17, 15) is 5.11 Å². The molecule has 0 saturated carbocycles. The topological polar surface area (TPSA) is 57.6 Å². The predicted octanol–water partition coefficient (Wildman–Crippen LogP) is 2.35. The van der Waals surface area contributed by atoms with Crippen LogP contribution in [-0.2, 0) is 6.54 Å². The van der Waals surface area contributed by atoms with Crippen molar-refractivity contribution in [1.82, 2.24) is 4.98 Å². The number of hydrogen-bond acceptors (Lipinski definition) is 3. The molecular formula is C13H14N2O2. The Morgan fingerprint density at radius 2 is 2.29 bits per heavy atom. The molecule has 0 unspecified atom stereocenters. The Kier molecular flexibility index (Phi) is 3.45.